The Morgan fingerprint density at radius 2 is 1.78 bits per heavy atom. The summed E-state index contributed by atoms with van der Waals surface area (Å²) in [5.41, 5.74) is 1.37. The van der Waals surface area contributed by atoms with Gasteiger partial charge in [0, 0.05) is 34.8 Å². The highest BCUT2D eigenvalue weighted by Gasteiger charge is 2.44. The van der Waals surface area contributed by atoms with Gasteiger partial charge in [-0.15, -0.1) is 0 Å². The molecule has 3 aromatic rings. The van der Waals surface area contributed by atoms with Gasteiger partial charge in [-0.3, -0.25) is 0 Å². The maximum absolute atomic E-state index is 9.85. The third kappa shape index (κ3) is 5.80. The first kappa shape index (κ1) is 25.9. The van der Waals surface area contributed by atoms with Gasteiger partial charge < -0.3 is 14.8 Å². The molecule has 1 saturated heterocycles. The van der Waals surface area contributed by atoms with E-state index in [0.29, 0.717) is 45.0 Å². The topological polar surface area (TPSA) is 80.1 Å². The lowest BCUT2D eigenvalue weighted by molar-refractivity contribution is -0.0162. The number of nitriles is 1. The summed E-state index contributed by atoms with van der Waals surface area (Å²) in [5, 5.41) is 14.0. The van der Waals surface area contributed by atoms with E-state index in [1.165, 1.54) is 6.33 Å². The molecule has 0 saturated carbocycles. The maximum atomic E-state index is 9.85. The van der Waals surface area contributed by atoms with Crippen molar-refractivity contribution in [2.75, 3.05) is 0 Å². The zero-order valence-corrected chi connectivity index (χ0v) is 22.5. The molecule has 6 nitrogen and oxygen atoms in total. The lowest BCUT2D eigenvalue weighted by atomic mass is 9.70. The van der Waals surface area contributed by atoms with Gasteiger partial charge in [-0.2, -0.15) is 5.26 Å². The van der Waals surface area contributed by atoms with Crippen molar-refractivity contribution in [3.05, 3.63) is 65.6 Å². The third-order valence-electron chi connectivity index (χ3n) is 6.67. The van der Waals surface area contributed by atoms with Crippen molar-refractivity contribution in [3.8, 4) is 34.6 Å². The van der Waals surface area contributed by atoms with Crippen LogP contribution in [0.15, 0.2) is 55.0 Å². The number of ether oxygens (including phenoxy) is 2. The van der Waals surface area contributed by atoms with Crippen molar-refractivity contribution < 1.29 is 9.47 Å². The van der Waals surface area contributed by atoms with Gasteiger partial charge in [0.1, 0.15) is 40.8 Å². The molecule has 2 aromatic carbocycles. The first-order chi connectivity index (χ1) is 16.9. The number of piperidine rings is 1. The molecule has 0 unspecified atom stereocenters. The number of benzene rings is 2. The van der Waals surface area contributed by atoms with Crippen molar-refractivity contribution in [2.45, 2.75) is 71.1 Å². The zero-order chi connectivity index (χ0) is 26.1. The van der Waals surface area contributed by atoms with E-state index in [9.17, 15) is 5.26 Å². The Morgan fingerprint density at radius 1 is 1.06 bits per heavy atom. The SMILES string of the molecule is CC1(C)CC(C(C)(C)Oc2ccc(Oc3cccc(-c4ccncn4)c3C#N)c(Cl)c2)CC(C)(C)N1. The molecule has 1 aliphatic heterocycles. The van der Waals surface area contributed by atoms with Crippen molar-refractivity contribution in [2.24, 2.45) is 5.92 Å². The first-order valence-electron chi connectivity index (χ1n) is 12.1. The van der Waals surface area contributed by atoms with E-state index in [0.717, 1.165) is 12.8 Å². The van der Waals surface area contributed by atoms with Crippen LogP contribution in [0.3, 0.4) is 0 Å². The minimum absolute atomic E-state index is 0.0289. The fourth-order valence-corrected chi connectivity index (χ4v) is 5.55. The summed E-state index contributed by atoms with van der Waals surface area (Å²) in [7, 11) is 0. The minimum Gasteiger partial charge on any atom is -0.488 e. The van der Waals surface area contributed by atoms with Gasteiger partial charge in [0.2, 0.25) is 0 Å². The fraction of sp³-hybridized carbons (Fsp3) is 0.414. The second-order valence-electron chi connectivity index (χ2n) is 11.3. The molecule has 7 heteroatoms. The summed E-state index contributed by atoms with van der Waals surface area (Å²) in [5.74, 6) is 1.90. The Hall–Kier alpha value is -3.14. The maximum Gasteiger partial charge on any atom is 0.146 e. The molecular formula is C29H33ClN4O2. The molecular weight excluding hydrogens is 472 g/mol. The highest BCUT2D eigenvalue weighted by Crippen LogP contribution is 2.42. The lowest BCUT2D eigenvalue weighted by Crippen LogP contribution is -2.61. The second kappa shape index (κ2) is 9.72. The van der Waals surface area contributed by atoms with Crippen LogP contribution in [0.5, 0.6) is 17.2 Å². The minimum atomic E-state index is -0.387. The number of halogens is 1. The summed E-state index contributed by atoms with van der Waals surface area (Å²) < 4.78 is 12.6. The van der Waals surface area contributed by atoms with E-state index in [1.54, 1.807) is 30.5 Å². The van der Waals surface area contributed by atoms with E-state index < -0.39 is 0 Å². The third-order valence-corrected chi connectivity index (χ3v) is 6.97. The highest BCUT2D eigenvalue weighted by molar-refractivity contribution is 6.32. The summed E-state index contributed by atoms with van der Waals surface area (Å²) in [6.07, 6.45) is 5.11. The Balaban J connectivity index is 1.55. The molecule has 0 radical (unpaired) electrons. The van der Waals surface area contributed by atoms with E-state index in [4.69, 9.17) is 21.1 Å². The first-order valence-corrected chi connectivity index (χ1v) is 12.5. The van der Waals surface area contributed by atoms with Gasteiger partial charge in [0.15, 0.2) is 0 Å². The Labute approximate surface area is 218 Å². The van der Waals surface area contributed by atoms with Crippen LogP contribution >= 0.6 is 11.6 Å². The molecule has 1 fully saturated rings. The predicted octanol–water partition coefficient (Wildman–Crippen LogP) is 7.18. The number of hydrogen-bond acceptors (Lipinski definition) is 6. The van der Waals surface area contributed by atoms with Crippen LogP contribution in [-0.4, -0.2) is 26.6 Å². The molecule has 0 amide bonds. The predicted molar refractivity (Wildman–Crippen MR) is 142 cm³/mol. The number of nitrogens with one attached hydrogen (secondary N) is 1. The van der Waals surface area contributed by atoms with Crippen LogP contribution in [-0.2, 0) is 0 Å². The normalized spacial score (nSPS) is 17.3. The van der Waals surface area contributed by atoms with Crippen molar-refractivity contribution in [3.63, 3.8) is 0 Å². The van der Waals surface area contributed by atoms with E-state index >= 15 is 0 Å². The molecule has 0 atom stereocenters. The Morgan fingerprint density at radius 3 is 2.39 bits per heavy atom. The fourth-order valence-electron chi connectivity index (χ4n) is 5.34. The number of nitrogens with zero attached hydrogens (tertiary/aromatic N) is 3. The molecule has 4 rings (SSSR count). The van der Waals surface area contributed by atoms with Crippen LogP contribution in [0.4, 0.5) is 0 Å². The van der Waals surface area contributed by atoms with E-state index in [1.807, 2.05) is 18.2 Å². The molecule has 0 spiro atoms. The second-order valence-corrected chi connectivity index (χ2v) is 11.7. The summed E-state index contributed by atoms with van der Waals surface area (Å²) in [6.45, 7) is 13.3. The van der Waals surface area contributed by atoms with Crippen molar-refractivity contribution in [1.29, 1.82) is 5.26 Å². The number of rotatable bonds is 6. The molecule has 1 aliphatic rings. The number of hydrogen-bond donors (Lipinski definition) is 1. The monoisotopic (exact) mass is 504 g/mol. The molecule has 36 heavy (non-hydrogen) atoms. The van der Waals surface area contributed by atoms with E-state index in [-0.39, 0.29) is 16.7 Å². The van der Waals surface area contributed by atoms with Crippen molar-refractivity contribution in [1.82, 2.24) is 15.3 Å². The van der Waals surface area contributed by atoms with E-state index in [2.05, 4.69) is 62.9 Å². The van der Waals surface area contributed by atoms with Gasteiger partial charge in [0.05, 0.1) is 10.7 Å². The van der Waals surface area contributed by atoms with Crippen LogP contribution < -0.4 is 14.8 Å². The molecule has 188 valence electrons. The smallest absolute Gasteiger partial charge is 0.146 e. The average molecular weight is 505 g/mol. The average Bonchev–Trinajstić information content (AvgIpc) is 2.79. The van der Waals surface area contributed by atoms with Crippen LogP contribution in [0.25, 0.3) is 11.3 Å². The summed E-state index contributed by atoms with van der Waals surface area (Å²) in [4.78, 5) is 8.21. The Bertz CT molecular complexity index is 1270. The largest absolute Gasteiger partial charge is 0.488 e. The molecule has 2 heterocycles. The summed E-state index contributed by atoms with van der Waals surface area (Å²) in [6, 6.07) is 14.8. The quantitative estimate of drug-likeness (QED) is 0.383. The highest BCUT2D eigenvalue weighted by atomic mass is 35.5. The standard InChI is InChI=1S/C29H33ClN4O2/c1-27(2)15-19(16-28(3,4)34-27)29(5,6)36-20-10-11-26(23(30)14-20)35-25-9-7-8-21(22(25)17-31)24-12-13-32-18-33-24/h7-14,18-19,34H,15-16H2,1-6H3. The Kier molecular flexibility index (Phi) is 7.01. The van der Waals surface area contributed by atoms with Gasteiger partial charge >= 0.3 is 0 Å². The van der Waals surface area contributed by atoms with Crippen LogP contribution in [0, 0.1) is 17.2 Å². The van der Waals surface area contributed by atoms with Gasteiger partial charge in [-0.05, 0) is 78.6 Å². The van der Waals surface area contributed by atoms with Gasteiger partial charge in [0.25, 0.3) is 0 Å². The molecule has 0 aliphatic carbocycles. The van der Waals surface area contributed by atoms with Gasteiger partial charge in [-0.25, -0.2) is 9.97 Å². The molecule has 1 N–H and O–H groups in total. The van der Waals surface area contributed by atoms with Gasteiger partial charge in [-0.1, -0.05) is 23.7 Å². The molecule has 1 aromatic heterocycles. The molecule has 0 bridgehead atoms. The van der Waals surface area contributed by atoms with Crippen LogP contribution in [0.2, 0.25) is 5.02 Å². The van der Waals surface area contributed by atoms with Crippen LogP contribution in [0.1, 0.15) is 59.9 Å². The number of aromatic nitrogens is 2. The lowest BCUT2D eigenvalue weighted by Gasteiger charge is -2.50. The van der Waals surface area contributed by atoms with Crippen molar-refractivity contribution >= 4 is 11.6 Å². The zero-order valence-electron chi connectivity index (χ0n) is 21.7. The summed E-state index contributed by atoms with van der Waals surface area (Å²) >= 11 is 6.62.